The van der Waals surface area contributed by atoms with Crippen molar-refractivity contribution >= 4 is 28.3 Å². The van der Waals surface area contributed by atoms with E-state index in [4.69, 9.17) is 0 Å². The minimum atomic E-state index is -0.0648. The zero-order chi connectivity index (χ0) is 21.8. The van der Waals surface area contributed by atoms with Gasteiger partial charge >= 0.3 is 6.03 Å². The lowest BCUT2D eigenvalue weighted by atomic mass is 10.0. The molecule has 32 heavy (non-hydrogen) atoms. The van der Waals surface area contributed by atoms with Crippen molar-refractivity contribution in [3.63, 3.8) is 0 Å². The zero-order valence-corrected chi connectivity index (χ0v) is 17.8. The Morgan fingerprint density at radius 1 is 0.750 bits per heavy atom. The summed E-state index contributed by atoms with van der Waals surface area (Å²) >= 11 is 0. The molecule has 160 valence electrons. The average molecular weight is 424 g/mol. The second kappa shape index (κ2) is 9.06. The minimum absolute atomic E-state index is 0.0648. The first-order valence-corrected chi connectivity index (χ1v) is 10.9. The number of para-hydroxylation sites is 1. The average Bonchev–Trinajstić information content (AvgIpc) is 2.86. The van der Waals surface area contributed by atoms with Crippen molar-refractivity contribution in [2.75, 3.05) is 36.4 Å². The first-order chi connectivity index (χ1) is 15.8. The number of hydrogen-bond donors (Lipinski definition) is 1. The van der Waals surface area contributed by atoms with E-state index in [0.29, 0.717) is 13.1 Å². The molecule has 1 fully saturated rings. The van der Waals surface area contributed by atoms with Gasteiger partial charge in [0.15, 0.2) is 5.82 Å². The second-order valence-electron chi connectivity index (χ2n) is 7.95. The van der Waals surface area contributed by atoms with Crippen LogP contribution < -0.4 is 10.2 Å². The third-order valence-electron chi connectivity index (χ3n) is 5.85. The number of anilines is 2. The smallest absolute Gasteiger partial charge is 0.321 e. The lowest BCUT2D eigenvalue weighted by Gasteiger charge is -2.35. The zero-order valence-electron chi connectivity index (χ0n) is 17.8. The summed E-state index contributed by atoms with van der Waals surface area (Å²) < 4.78 is 0. The predicted molar refractivity (Wildman–Crippen MR) is 128 cm³/mol. The summed E-state index contributed by atoms with van der Waals surface area (Å²) in [5.74, 6) is 0.889. The number of nitrogens with zero attached hydrogens (tertiary/aromatic N) is 4. The Balaban J connectivity index is 1.31. The van der Waals surface area contributed by atoms with Crippen molar-refractivity contribution in [1.82, 2.24) is 15.1 Å². The molecule has 0 unspecified atom stereocenters. The fraction of sp³-hybridized carbons (Fsp3) is 0.192. The molecule has 2 amide bonds. The molecule has 1 aliphatic heterocycles. The van der Waals surface area contributed by atoms with Crippen molar-refractivity contribution in [3.8, 4) is 0 Å². The van der Waals surface area contributed by atoms with E-state index < -0.39 is 0 Å². The molecule has 6 nitrogen and oxygen atoms in total. The van der Waals surface area contributed by atoms with Gasteiger partial charge in [-0.2, -0.15) is 5.10 Å². The van der Waals surface area contributed by atoms with Crippen LogP contribution in [0.1, 0.15) is 11.3 Å². The third-order valence-corrected chi connectivity index (χ3v) is 5.85. The van der Waals surface area contributed by atoms with Gasteiger partial charge in [-0.25, -0.2) is 4.79 Å². The van der Waals surface area contributed by atoms with Gasteiger partial charge in [0.2, 0.25) is 0 Å². The molecular weight excluding hydrogens is 398 g/mol. The standard InChI is InChI=1S/C26H25N5O/c32-26(27-21-11-5-2-6-12-21)31-17-15-30(16-18-31)25-23-14-8-7-13-22(23)24(28-29-25)19-20-9-3-1-4-10-20/h1-14H,15-19H2,(H,27,32). The number of carbonyl (C=O) groups excluding carboxylic acids is 1. The summed E-state index contributed by atoms with van der Waals surface area (Å²) in [5, 5.41) is 14.4. The van der Waals surface area contributed by atoms with E-state index in [1.807, 2.05) is 65.6 Å². The molecule has 0 aliphatic carbocycles. The van der Waals surface area contributed by atoms with Crippen molar-refractivity contribution in [1.29, 1.82) is 0 Å². The molecule has 5 rings (SSSR count). The van der Waals surface area contributed by atoms with E-state index in [1.165, 1.54) is 5.56 Å². The molecule has 3 aromatic carbocycles. The number of aromatic nitrogens is 2. The minimum Gasteiger partial charge on any atom is -0.351 e. The van der Waals surface area contributed by atoms with Gasteiger partial charge in [0.05, 0.1) is 5.69 Å². The number of rotatable bonds is 4. The molecule has 6 heteroatoms. The number of nitrogens with one attached hydrogen (secondary N) is 1. The highest BCUT2D eigenvalue weighted by Gasteiger charge is 2.24. The van der Waals surface area contributed by atoms with E-state index in [-0.39, 0.29) is 6.03 Å². The quantitative estimate of drug-likeness (QED) is 0.522. The molecule has 0 spiro atoms. The van der Waals surface area contributed by atoms with Gasteiger partial charge in [0.1, 0.15) is 0 Å². The van der Waals surface area contributed by atoms with E-state index >= 15 is 0 Å². The Labute approximate surface area is 187 Å². The van der Waals surface area contributed by atoms with Gasteiger partial charge in [0.25, 0.3) is 0 Å². The molecule has 0 atom stereocenters. The van der Waals surface area contributed by atoms with Crippen LogP contribution in [0.2, 0.25) is 0 Å². The summed E-state index contributed by atoms with van der Waals surface area (Å²) in [6.07, 6.45) is 0.752. The van der Waals surface area contributed by atoms with Crippen LogP contribution >= 0.6 is 0 Å². The normalized spacial score (nSPS) is 13.9. The van der Waals surface area contributed by atoms with Crippen molar-refractivity contribution in [2.45, 2.75) is 6.42 Å². The lowest BCUT2D eigenvalue weighted by Crippen LogP contribution is -2.50. The number of benzene rings is 3. The molecule has 1 aliphatic rings. The number of amides is 2. The summed E-state index contributed by atoms with van der Waals surface area (Å²) in [6.45, 7) is 2.72. The molecule has 1 aromatic heterocycles. The van der Waals surface area contributed by atoms with Gasteiger partial charge < -0.3 is 15.1 Å². The number of hydrogen-bond acceptors (Lipinski definition) is 4. The van der Waals surface area contributed by atoms with Gasteiger partial charge in [0, 0.05) is 49.1 Å². The van der Waals surface area contributed by atoms with Crippen LogP contribution in [-0.4, -0.2) is 47.3 Å². The molecule has 1 saturated heterocycles. The Morgan fingerprint density at radius 3 is 2.09 bits per heavy atom. The number of urea groups is 1. The molecular formula is C26H25N5O. The van der Waals surface area contributed by atoms with Crippen LogP contribution in [-0.2, 0) is 6.42 Å². The predicted octanol–water partition coefficient (Wildman–Crippen LogP) is 4.57. The monoisotopic (exact) mass is 423 g/mol. The van der Waals surface area contributed by atoms with Gasteiger partial charge in [-0.1, -0.05) is 72.8 Å². The maximum absolute atomic E-state index is 12.6. The maximum Gasteiger partial charge on any atom is 0.321 e. The number of carbonyl (C=O) groups is 1. The second-order valence-corrected chi connectivity index (χ2v) is 7.95. The summed E-state index contributed by atoms with van der Waals surface area (Å²) in [5.41, 5.74) is 3.01. The van der Waals surface area contributed by atoms with Crippen LogP contribution in [0.15, 0.2) is 84.9 Å². The first-order valence-electron chi connectivity index (χ1n) is 10.9. The molecule has 2 heterocycles. The number of piperazine rings is 1. The fourth-order valence-electron chi connectivity index (χ4n) is 4.14. The van der Waals surface area contributed by atoms with E-state index in [1.54, 1.807) is 0 Å². The summed E-state index contributed by atoms with van der Waals surface area (Å²) in [4.78, 5) is 16.7. The highest BCUT2D eigenvalue weighted by molar-refractivity contribution is 5.94. The van der Waals surface area contributed by atoms with Crippen molar-refractivity contribution in [3.05, 3.63) is 96.2 Å². The molecule has 0 radical (unpaired) electrons. The van der Waals surface area contributed by atoms with Crippen molar-refractivity contribution < 1.29 is 4.79 Å². The molecule has 0 saturated carbocycles. The molecule has 4 aromatic rings. The van der Waals surface area contributed by atoms with E-state index in [2.05, 4.69) is 44.7 Å². The Kier molecular flexibility index (Phi) is 5.66. The maximum atomic E-state index is 12.6. The van der Waals surface area contributed by atoms with Gasteiger partial charge in [-0.15, -0.1) is 5.10 Å². The van der Waals surface area contributed by atoms with Crippen LogP contribution in [0.4, 0.5) is 16.3 Å². The van der Waals surface area contributed by atoms with Crippen LogP contribution in [0.5, 0.6) is 0 Å². The molecule has 0 bridgehead atoms. The molecule has 1 N–H and O–H groups in total. The van der Waals surface area contributed by atoms with Gasteiger partial charge in [-0.3, -0.25) is 0 Å². The van der Waals surface area contributed by atoms with Crippen LogP contribution in [0, 0.1) is 0 Å². The highest BCUT2D eigenvalue weighted by Crippen LogP contribution is 2.28. The topological polar surface area (TPSA) is 61.4 Å². The Bertz CT molecular complexity index is 1200. The Morgan fingerprint density at radius 2 is 1.38 bits per heavy atom. The van der Waals surface area contributed by atoms with Crippen LogP contribution in [0.3, 0.4) is 0 Å². The van der Waals surface area contributed by atoms with Crippen molar-refractivity contribution in [2.24, 2.45) is 0 Å². The number of fused-ring (bicyclic) bond motifs is 1. The Hall–Kier alpha value is -3.93. The lowest BCUT2D eigenvalue weighted by molar-refractivity contribution is 0.208. The van der Waals surface area contributed by atoms with E-state index in [0.717, 1.165) is 47.5 Å². The largest absolute Gasteiger partial charge is 0.351 e. The van der Waals surface area contributed by atoms with Gasteiger partial charge in [-0.05, 0) is 17.7 Å². The van der Waals surface area contributed by atoms with Crippen LogP contribution in [0.25, 0.3) is 10.8 Å². The fourth-order valence-corrected chi connectivity index (χ4v) is 4.14. The first kappa shape index (κ1) is 20.0. The SMILES string of the molecule is O=C(Nc1ccccc1)N1CCN(c2nnc(Cc3ccccc3)c3ccccc23)CC1. The summed E-state index contributed by atoms with van der Waals surface area (Å²) in [6, 6.07) is 28.2. The highest BCUT2D eigenvalue weighted by atomic mass is 16.2. The van der Waals surface area contributed by atoms with E-state index in [9.17, 15) is 4.79 Å². The summed E-state index contributed by atoms with van der Waals surface area (Å²) in [7, 11) is 0. The third kappa shape index (κ3) is 4.25.